The summed E-state index contributed by atoms with van der Waals surface area (Å²) in [6.45, 7) is 9.53. The van der Waals surface area contributed by atoms with Crippen molar-refractivity contribution in [2.45, 2.75) is 77.3 Å². The summed E-state index contributed by atoms with van der Waals surface area (Å²) in [5.41, 5.74) is -0.345. The van der Waals surface area contributed by atoms with E-state index >= 15 is 0 Å². The largest absolute Gasteiger partial charge is 0.349 e. The quantitative estimate of drug-likeness (QED) is 0.749. The molecular weight excluding hydrogens is 212 g/mol. The Morgan fingerprint density at radius 1 is 1.35 bits per heavy atom. The number of carbonyl (C=O) groups excluding carboxylic acids is 1. The second-order valence-electron chi connectivity index (χ2n) is 5.58. The van der Waals surface area contributed by atoms with Crippen molar-refractivity contribution < 1.29 is 4.79 Å². The summed E-state index contributed by atoms with van der Waals surface area (Å²) in [6.07, 6.45) is 6.06. The first kappa shape index (κ1) is 14.5. The first-order chi connectivity index (χ1) is 8.02. The molecule has 1 atom stereocenters. The molecule has 0 aromatic rings. The van der Waals surface area contributed by atoms with Crippen LogP contribution in [0.4, 0.5) is 0 Å². The van der Waals surface area contributed by atoms with Crippen molar-refractivity contribution in [1.82, 2.24) is 10.6 Å². The van der Waals surface area contributed by atoms with E-state index in [1.165, 1.54) is 0 Å². The molecule has 1 rings (SSSR count). The fourth-order valence-corrected chi connectivity index (χ4v) is 2.57. The van der Waals surface area contributed by atoms with Gasteiger partial charge >= 0.3 is 0 Å². The van der Waals surface area contributed by atoms with Crippen molar-refractivity contribution >= 4 is 5.91 Å². The Morgan fingerprint density at radius 3 is 2.41 bits per heavy atom. The third kappa shape index (κ3) is 3.21. The fourth-order valence-electron chi connectivity index (χ4n) is 2.57. The van der Waals surface area contributed by atoms with E-state index in [-0.39, 0.29) is 17.0 Å². The van der Waals surface area contributed by atoms with Crippen LogP contribution in [-0.2, 0) is 4.79 Å². The van der Waals surface area contributed by atoms with Gasteiger partial charge in [-0.3, -0.25) is 4.79 Å². The van der Waals surface area contributed by atoms with Crippen LogP contribution in [0.2, 0.25) is 0 Å². The van der Waals surface area contributed by atoms with E-state index in [0.29, 0.717) is 0 Å². The van der Waals surface area contributed by atoms with E-state index in [9.17, 15) is 4.79 Å². The van der Waals surface area contributed by atoms with Crippen molar-refractivity contribution in [2.24, 2.45) is 0 Å². The van der Waals surface area contributed by atoms with E-state index in [0.717, 1.165) is 45.1 Å². The minimum atomic E-state index is -0.291. The number of carbonyl (C=O) groups is 1. The number of rotatable bonds is 6. The molecule has 1 fully saturated rings. The minimum absolute atomic E-state index is 0.0535. The predicted molar refractivity (Wildman–Crippen MR) is 72.0 cm³/mol. The molecule has 17 heavy (non-hydrogen) atoms. The molecule has 1 aliphatic heterocycles. The SMILES string of the molecule is CCCC1(C(=O)NC(C)(CC)CC)CCCN1. The molecule has 0 radical (unpaired) electrons. The predicted octanol–water partition coefficient (Wildman–Crippen LogP) is 2.60. The van der Waals surface area contributed by atoms with Crippen LogP contribution in [0.1, 0.15) is 66.2 Å². The van der Waals surface area contributed by atoms with Crippen LogP contribution < -0.4 is 10.6 Å². The molecular formula is C14H28N2O. The molecule has 0 spiro atoms. The molecule has 0 aromatic carbocycles. The zero-order valence-corrected chi connectivity index (χ0v) is 11.9. The molecule has 1 amide bonds. The van der Waals surface area contributed by atoms with Gasteiger partial charge in [-0.05, 0) is 45.6 Å². The third-order valence-electron chi connectivity index (χ3n) is 4.33. The van der Waals surface area contributed by atoms with Gasteiger partial charge in [0, 0.05) is 5.54 Å². The standard InChI is InChI=1S/C14H28N2O/c1-5-9-14(10-8-11-15-14)12(17)16-13(4,6-2)7-3/h15H,5-11H2,1-4H3,(H,16,17). The molecule has 1 saturated heterocycles. The average molecular weight is 240 g/mol. The normalized spacial score (nSPS) is 24.9. The molecule has 0 aliphatic carbocycles. The number of amides is 1. The molecule has 100 valence electrons. The molecule has 1 unspecified atom stereocenters. The highest BCUT2D eigenvalue weighted by molar-refractivity contribution is 5.87. The number of hydrogen-bond donors (Lipinski definition) is 2. The Kier molecular flexibility index (Phi) is 4.99. The zero-order valence-electron chi connectivity index (χ0n) is 11.9. The summed E-state index contributed by atoms with van der Waals surface area (Å²) >= 11 is 0. The van der Waals surface area contributed by atoms with Crippen molar-refractivity contribution in [3.8, 4) is 0 Å². The first-order valence-electron chi connectivity index (χ1n) is 7.09. The highest BCUT2D eigenvalue weighted by Crippen LogP contribution is 2.26. The topological polar surface area (TPSA) is 41.1 Å². The molecule has 1 aliphatic rings. The summed E-state index contributed by atoms with van der Waals surface area (Å²) < 4.78 is 0. The van der Waals surface area contributed by atoms with Crippen LogP contribution in [0.5, 0.6) is 0 Å². The van der Waals surface area contributed by atoms with E-state index in [1.54, 1.807) is 0 Å². The maximum Gasteiger partial charge on any atom is 0.240 e. The Morgan fingerprint density at radius 2 is 2.00 bits per heavy atom. The van der Waals surface area contributed by atoms with Crippen molar-refractivity contribution in [2.75, 3.05) is 6.54 Å². The maximum atomic E-state index is 12.5. The zero-order chi connectivity index (χ0) is 12.9. The van der Waals surface area contributed by atoms with Crippen LogP contribution in [0.3, 0.4) is 0 Å². The van der Waals surface area contributed by atoms with Gasteiger partial charge in [-0.2, -0.15) is 0 Å². The van der Waals surface area contributed by atoms with Crippen LogP contribution in [0.15, 0.2) is 0 Å². The van der Waals surface area contributed by atoms with Gasteiger partial charge < -0.3 is 10.6 Å². The maximum absolute atomic E-state index is 12.5. The van der Waals surface area contributed by atoms with Crippen molar-refractivity contribution in [3.63, 3.8) is 0 Å². The highest BCUT2D eigenvalue weighted by Gasteiger charge is 2.41. The van der Waals surface area contributed by atoms with Crippen molar-refractivity contribution in [3.05, 3.63) is 0 Å². The average Bonchev–Trinajstić information content (AvgIpc) is 2.79. The monoisotopic (exact) mass is 240 g/mol. The lowest BCUT2D eigenvalue weighted by molar-refractivity contribution is -0.129. The van der Waals surface area contributed by atoms with Gasteiger partial charge in [0.15, 0.2) is 0 Å². The Hall–Kier alpha value is -0.570. The second kappa shape index (κ2) is 5.85. The second-order valence-corrected chi connectivity index (χ2v) is 5.58. The fraction of sp³-hybridized carbons (Fsp3) is 0.929. The smallest absolute Gasteiger partial charge is 0.240 e. The van der Waals surface area contributed by atoms with Crippen LogP contribution >= 0.6 is 0 Å². The highest BCUT2D eigenvalue weighted by atomic mass is 16.2. The molecule has 0 bridgehead atoms. The lowest BCUT2D eigenvalue weighted by atomic mass is 9.88. The van der Waals surface area contributed by atoms with Gasteiger partial charge in [-0.1, -0.05) is 27.2 Å². The lowest BCUT2D eigenvalue weighted by Crippen LogP contribution is -2.58. The summed E-state index contributed by atoms with van der Waals surface area (Å²) in [4.78, 5) is 12.5. The Bertz CT molecular complexity index is 253. The van der Waals surface area contributed by atoms with Gasteiger partial charge in [-0.15, -0.1) is 0 Å². The lowest BCUT2D eigenvalue weighted by Gasteiger charge is -2.35. The molecule has 2 N–H and O–H groups in total. The van der Waals surface area contributed by atoms with Crippen LogP contribution in [0.25, 0.3) is 0 Å². The van der Waals surface area contributed by atoms with Gasteiger partial charge in [-0.25, -0.2) is 0 Å². The van der Waals surface area contributed by atoms with E-state index in [4.69, 9.17) is 0 Å². The molecule has 0 saturated carbocycles. The van der Waals surface area contributed by atoms with Gasteiger partial charge in [0.25, 0.3) is 0 Å². The van der Waals surface area contributed by atoms with Crippen LogP contribution in [0, 0.1) is 0 Å². The summed E-state index contributed by atoms with van der Waals surface area (Å²) in [7, 11) is 0. The molecule has 3 heteroatoms. The van der Waals surface area contributed by atoms with Gasteiger partial charge in [0.05, 0.1) is 5.54 Å². The molecule has 3 nitrogen and oxygen atoms in total. The van der Waals surface area contributed by atoms with Crippen LogP contribution in [-0.4, -0.2) is 23.5 Å². The molecule has 1 heterocycles. The number of nitrogens with one attached hydrogen (secondary N) is 2. The third-order valence-corrected chi connectivity index (χ3v) is 4.33. The van der Waals surface area contributed by atoms with Gasteiger partial charge in [0.2, 0.25) is 5.91 Å². The van der Waals surface area contributed by atoms with E-state index in [1.807, 2.05) is 0 Å². The van der Waals surface area contributed by atoms with Gasteiger partial charge in [0.1, 0.15) is 0 Å². The summed E-state index contributed by atoms with van der Waals surface area (Å²) in [5, 5.41) is 6.69. The Balaban J connectivity index is 2.72. The van der Waals surface area contributed by atoms with Crippen molar-refractivity contribution in [1.29, 1.82) is 0 Å². The summed E-state index contributed by atoms with van der Waals surface area (Å²) in [5.74, 6) is 0.211. The number of hydrogen-bond acceptors (Lipinski definition) is 2. The molecule has 0 aromatic heterocycles. The summed E-state index contributed by atoms with van der Waals surface area (Å²) in [6, 6.07) is 0. The van der Waals surface area contributed by atoms with E-state index < -0.39 is 0 Å². The Labute approximate surface area is 106 Å². The van der Waals surface area contributed by atoms with E-state index in [2.05, 4.69) is 38.3 Å². The minimum Gasteiger partial charge on any atom is -0.349 e. The first-order valence-corrected chi connectivity index (χ1v) is 7.09.